The first-order valence-corrected chi connectivity index (χ1v) is 6.16. The monoisotopic (exact) mass is 242 g/mol. The SMILES string of the molecule is COC(=O)C(NC(C)c1cncs1)C(C)C. The molecule has 1 rings (SSSR count). The van der Waals surface area contributed by atoms with E-state index in [2.05, 4.69) is 10.3 Å². The van der Waals surface area contributed by atoms with Crippen molar-refractivity contribution < 1.29 is 9.53 Å². The Bertz CT molecular complexity index is 325. The number of methoxy groups -OCH3 is 1. The summed E-state index contributed by atoms with van der Waals surface area (Å²) in [6, 6.07) is -0.166. The summed E-state index contributed by atoms with van der Waals surface area (Å²) in [5.74, 6) is -0.0193. The summed E-state index contributed by atoms with van der Waals surface area (Å²) >= 11 is 1.58. The third-order valence-electron chi connectivity index (χ3n) is 2.43. The standard InChI is InChI=1S/C11H18N2O2S/c1-7(2)10(11(14)15-4)13-8(3)9-5-12-6-16-9/h5-8,10,13H,1-4H3. The fraction of sp³-hybridized carbons (Fsp3) is 0.636. The zero-order chi connectivity index (χ0) is 12.1. The first-order valence-electron chi connectivity index (χ1n) is 5.28. The van der Waals surface area contributed by atoms with Crippen LogP contribution in [0.15, 0.2) is 11.7 Å². The summed E-state index contributed by atoms with van der Waals surface area (Å²) in [5.41, 5.74) is 1.79. The van der Waals surface area contributed by atoms with Gasteiger partial charge in [-0.05, 0) is 12.8 Å². The van der Waals surface area contributed by atoms with Gasteiger partial charge in [-0.1, -0.05) is 13.8 Å². The van der Waals surface area contributed by atoms with Crippen molar-refractivity contribution in [1.29, 1.82) is 0 Å². The number of rotatable bonds is 5. The van der Waals surface area contributed by atoms with Crippen LogP contribution in [0, 0.1) is 5.92 Å². The molecule has 0 fully saturated rings. The Hall–Kier alpha value is -0.940. The summed E-state index contributed by atoms with van der Waals surface area (Å²) in [5, 5.41) is 3.27. The highest BCUT2D eigenvalue weighted by molar-refractivity contribution is 7.09. The average molecular weight is 242 g/mol. The molecule has 0 saturated carbocycles. The highest BCUT2D eigenvalue weighted by Gasteiger charge is 2.25. The van der Waals surface area contributed by atoms with E-state index in [4.69, 9.17) is 4.74 Å². The van der Waals surface area contributed by atoms with E-state index in [-0.39, 0.29) is 24.0 Å². The molecule has 1 aromatic heterocycles. The molecule has 1 aromatic rings. The highest BCUT2D eigenvalue weighted by atomic mass is 32.1. The van der Waals surface area contributed by atoms with Crippen molar-refractivity contribution in [2.45, 2.75) is 32.9 Å². The lowest BCUT2D eigenvalue weighted by Gasteiger charge is -2.23. The fourth-order valence-electron chi connectivity index (χ4n) is 1.45. The summed E-state index contributed by atoms with van der Waals surface area (Å²) in [6.45, 7) is 6.01. The number of hydrogen-bond donors (Lipinski definition) is 1. The van der Waals surface area contributed by atoms with Gasteiger partial charge in [0.1, 0.15) is 6.04 Å². The molecule has 1 N–H and O–H groups in total. The number of carbonyl (C=O) groups excluding carboxylic acids is 1. The van der Waals surface area contributed by atoms with Gasteiger partial charge in [0.15, 0.2) is 0 Å². The van der Waals surface area contributed by atoms with Crippen LogP contribution in [-0.4, -0.2) is 24.1 Å². The molecule has 0 aliphatic rings. The Kier molecular flexibility index (Phi) is 4.89. The van der Waals surface area contributed by atoms with Gasteiger partial charge in [-0.2, -0.15) is 0 Å². The molecule has 90 valence electrons. The number of carbonyl (C=O) groups is 1. The molecule has 0 aliphatic carbocycles. The van der Waals surface area contributed by atoms with Gasteiger partial charge < -0.3 is 4.74 Å². The molecule has 0 aliphatic heterocycles. The molecule has 16 heavy (non-hydrogen) atoms. The van der Waals surface area contributed by atoms with E-state index < -0.39 is 0 Å². The van der Waals surface area contributed by atoms with Gasteiger partial charge in [0, 0.05) is 17.1 Å². The maximum absolute atomic E-state index is 11.6. The van der Waals surface area contributed by atoms with E-state index in [9.17, 15) is 4.79 Å². The van der Waals surface area contributed by atoms with Gasteiger partial charge in [-0.25, -0.2) is 0 Å². The number of nitrogens with zero attached hydrogens (tertiary/aromatic N) is 1. The number of nitrogens with one attached hydrogen (secondary N) is 1. The summed E-state index contributed by atoms with van der Waals surface area (Å²) in [4.78, 5) is 16.7. The molecule has 0 spiro atoms. The van der Waals surface area contributed by atoms with Gasteiger partial charge in [0.2, 0.25) is 0 Å². The summed E-state index contributed by atoms with van der Waals surface area (Å²) < 4.78 is 4.78. The Morgan fingerprint density at radius 2 is 2.19 bits per heavy atom. The molecule has 2 atom stereocenters. The first kappa shape index (κ1) is 13.1. The molecular formula is C11H18N2O2S. The smallest absolute Gasteiger partial charge is 0.323 e. The van der Waals surface area contributed by atoms with Crippen LogP contribution in [0.1, 0.15) is 31.7 Å². The van der Waals surface area contributed by atoms with Crippen LogP contribution >= 0.6 is 11.3 Å². The van der Waals surface area contributed by atoms with Gasteiger partial charge in [0.25, 0.3) is 0 Å². The molecule has 0 radical (unpaired) electrons. The quantitative estimate of drug-likeness (QED) is 0.802. The predicted molar refractivity (Wildman–Crippen MR) is 64.3 cm³/mol. The minimum absolute atomic E-state index is 0.110. The lowest BCUT2D eigenvalue weighted by atomic mass is 10.0. The molecule has 0 amide bonds. The number of hydrogen-bond acceptors (Lipinski definition) is 5. The zero-order valence-corrected chi connectivity index (χ0v) is 10.9. The maximum atomic E-state index is 11.6. The number of aromatic nitrogens is 1. The third-order valence-corrected chi connectivity index (χ3v) is 3.39. The van der Waals surface area contributed by atoms with Crippen molar-refractivity contribution in [3.8, 4) is 0 Å². The summed E-state index contributed by atoms with van der Waals surface area (Å²) in [6.07, 6.45) is 1.82. The minimum atomic E-state index is -0.276. The first-order chi connectivity index (χ1) is 7.56. The molecule has 0 aromatic carbocycles. The number of ether oxygens (including phenoxy) is 1. The minimum Gasteiger partial charge on any atom is -0.468 e. The van der Waals surface area contributed by atoms with Gasteiger partial charge >= 0.3 is 5.97 Å². The Balaban J connectivity index is 2.65. The predicted octanol–water partition coefficient (Wildman–Crippen LogP) is 1.99. The van der Waals surface area contributed by atoms with Crippen LogP contribution in [0.25, 0.3) is 0 Å². The fourth-order valence-corrected chi connectivity index (χ4v) is 2.09. The molecule has 0 bridgehead atoms. The summed E-state index contributed by atoms with van der Waals surface area (Å²) in [7, 11) is 1.41. The van der Waals surface area contributed by atoms with Crippen LogP contribution in [-0.2, 0) is 9.53 Å². The second-order valence-corrected chi connectivity index (χ2v) is 4.95. The van der Waals surface area contributed by atoms with Crippen LogP contribution in [0.4, 0.5) is 0 Å². The van der Waals surface area contributed by atoms with Crippen molar-refractivity contribution in [3.05, 3.63) is 16.6 Å². The molecule has 4 nitrogen and oxygen atoms in total. The molecule has 5 heteroatoms. The topological polar surface area (TPSA) is 51.2 Å². The van der Waals surface area contributed by atoms with Crippen LogP contribution in [0.3, 0.4) is 0 Å². The second kappa shape index (κ2) is 5.96. The van der Waals surface area contributed by atoms with Crippen LogP contribution < -0.4 is 5.32 Å². The van der Waals surface area contributed by atoms with Crippen molar-refractivity contribution >= 4 is 17.3 Å². The molecule has 0 saturated heterocycles. The normalized spacial score (nSPS) is 14.8. The van der Waals surface area contributed by atoms with E-state index >= 15 is 0 Å². The van der Waals surface area contributed by atoms with Crippen molar-refractivity contribution in [1.82, 2.24) is 10.3 Å². The maximum Gasteiger partial charge on any atom is 0.323 e. The Morgan fingerprint density at radius 1 is 1.50 bits per heavy atom. The highest BCUT2D eigenvalue weighted by Crippen LogP contribution is 2.18. The van der Waals surface area contributed by atoms with Crippen LogP contribution in [0.5, 0.6) is 0 Å². The Labute approximate surface area is 100 Å². The van der Waals surface area contributed by atoms with Gasteiger partial charge in [-0.3, -0.25) is 15.1 Å². The van der Waals surface area contributed by atoms with E-state index in [1.807, 2.05) is 27.0 Å². The number of esters is 1. The lowest BCUT2D eigenvalue weighted by molar-refractivity contribution is -0.144. The number of thiazole rings is 1. The van der Waals surface area contributed by atoms with Gasteiger partial charge in [0.05, 0.1) is 12.6 Å². The zero-order valence-electron chi connectivity index (χ0n) is 10.1. The molecule has 2 unspecified atom stereocenters. The molecular weight excluding hydrogens is 224 g/mol. The van der Waals surface area contributed by atoms with E-state index in [1.54, 1.807) is 16.8 Å². The van der Waals surface area contributed by atoms with E-state index in [0.29, 0.717) is 0 Å². The largest absolute Gasteiger partial charge is 0.468 e. The second-order valence-electron chi connectivity index (χ2n) is 4.04. The van der Waals surface area contributed by atoms with Crippen molar-refractivity contribution in [2.75, 3.05) is 7.11 Å². The molecule has 1 heterocycles. The lowest BCUT2D eigenvalue weighted by Crippen LogP contribution is -2.42. The van der Waals surface area contributed by atoms with Crippen molar-refractivity contribution in [2.24, 2.45) is 5.92 Å². The van der Waals surface area contributed by atoms with Crippen LogP contribution in [0.2, 0.25) is 0 Å². The van der Waals surface area contributed by atoms with E-state index in [1.165, 1.54) is 7.11 Å². The third kappa shape index (κ3) is 3.28. The van der Waals surface area contributed by atoms with E-state index in [0.717, 1.165) is 4.88 Å². The van der Waals surface area contributed by atoms with Gasteiger partial charge in [-0.15, -0.1) is 11.3 Å². The van der Waals surface area contributed by atoms with Crippen molar-refractivity contribution in [3.63, 3.8) is 0 Å². The Morgan fingerprint density at radius 3 is 2.62 bits per heavy atom. The average Bonchev–Trinajstić information content (AvgIpc) is 2.77.